The second kappa shape index (κ2) is 6.75. The van der Waals surface area contributed by atoms with E-state index < -0.39 is 11.7 Å². The molecule has 2 heterocycles. The summed E-state index contributed by atoms with van der Waals surface area (Å²) in [6.07, 6.45) is 2.64. The largest absolute Gasteiger partial charge is 0.384 e. The molecule has 27 heavy (non-hydrogen) atoms. The van der Waals surface area contributed by atoms with Gasteiger partial charge in [0, 0.05) is 11.8 Å². The van der Waals surface area contributed by atoms with Gasteiger partial charge >= 0.3 is 0 Å². The van der Waals surface area contributed by atoms with Crippen LogP contribution in [-0.4, -0.2) is 25.8 Å². The Morgan fingerprint density at radius 1 is 1.00 bits per heavy atom. The fraction of sp³-hybridized carbons (Fsp3) is 0. The molecule has 0 saturated heterocycles. The molecule has 0 bridgehead atoms. The minimum absolute atomic E-state index is 0.00735. The molecule has 2 aromatic heterocycles. The molecule has 0 fully saturated rings. The standard InChI is InChI=1S/C19H13FN6O/c20-15-8-12-4-2-1-3-11(12)7-14(15)17-23-10-24-19(25-17)26-18(27)13-5-6-22-16(21)9-13/h1-10H,(H2,21,22)(H,23,24,25,26,27). The Hall–Kier alpha value is -3.94. The zero-order chi connectivity index (χ0) is 18.8. The van der Waals surface area contributed by atoms with Gasteiger partial charge in [-0.05, 0) is 35.0 Å². The van der Waals surface area contributed by atoms with Gasteiger partial charge in [-0.3, -0.25) is 10.1 Å². The molecule has 0 radical (unpaired) electrons. The van der Waals surface area contributed by atoms with Crippen molar-refractivity contribution in [3.8, 4) is 11.4 Å². The van der Waals surface area contributed by atoms with Crippen molar-refractivity contribution >= 4 is 28.4 Å². The molecule has 3 N–H and O–H groups in total. The van der Waals surface area contributed by atoms with Gasteiger partial charge < -0.3 is 5.73 Å². The minimum Gasteiger partial charge on any atom is -0.384 e. The normalized spacial score (nSPS) is 10.7. The number of amides is 1. The molecule has 132 valence electrons. The number of nitrogen functional groups attached to an aromatic ring is 1. The predicted octanol–water partition coefficient (Wildman–Crippen LogP) is 3.06. The molecule has 4 aromatic rings. The summed E-state index contributed by atoms with van der Waals surface area (Å²) in [5, 5.41) is 4.17. The highest BCUT2D eigenvalue weighted by Gasteiger charge is 2.13. The number of nitrogens with two attached hydrogens (primary N) is 1. The maximum atomic E-state index is 14.5. The Bertz CT molecular complexity index is 1160. The van der Waals surface area contributed by atoms with Crippen molar-refractivity contribution in [2.75, 3.05) is 11.1 Å². The number of carbonyl (C=O) groups is 1. The first-order chi connectivity index (χ1) is 13.1. The second-order valence-corrected chi connectivity index (χ2v) is 5.74. The van der Waals surface area contributed by atoms with Gasteiger partial charge in [-0.2, -0.15) is 4.98 Å². The van der Waals surface area contributed by atoms with Crippen LogP contribution in [0.3, 0.4) is 0 Å². The second-order valence-electron chi connectivity index (χ2n) is 5.74. The first-order valence-corrected chi connectivity index (χ1v) is 8.01. The number of fused-ring (bicyclic) bond motifs is 1. The van der Waals surface area contributed by atoms with Crippen molar-refractivity contribution in [3.05, 3.63) is 72.4 Å². The van der Waals surface area contributed by atoms with E-state index in [-0.39, 0.29) is 23.2 Å². The van der Waals surface area contributed by atoms with Crippen molar-refractivity contribution in [1.82, 2.24) is 19.9 Å². The van der Waals surface area contributed by atoms with Crippen LogP contribution >= 0.6 is 0 Å². The van der Waals surface area contributed by atoms with Crippen LogP contribution in [0.5, 0.6) is 0 Å². The van der Waals surface area contributed by atoms with E-state index in [1.165, 1.54) is 30.7 Å². The van der Waals surface area contributed by atoms with E-state index >= 15 is 0 Å². The van der Waals surface area contributed by atoms with Crippen LogP contribution in [-0.2, 0) is 0 Å². The maximum Gasteiger partial charge on any atom is 0.258 e. The van der Waals surface area contributed by atoms with Gasteiger partial charge in [-0.1, -0.05) is 24.3 Å². The number of pyridine rings is 1. The lowest BCUT2D eigenvalue weighted by atomic mass is 10.1. The lowest BCUT2D eigenvalue weighted by Gasteiger charge is -2.07. The van der Waals surface area contributed by atoms with Crippen molar-refractivity contribution in [3.63, 3.8) is 0 Å². The Morgan fingerprint density at radius 3 is 2.56 bits per heavy atom. The zero-order valence-corrected chi connectivity index (χ0v) is 13.9. The molecule has 0 aliphatic heterocycles. The number of hydrogen-bond donors (Lipinski definition) is 2. The van der Waals surface area contributed by atoms with Crippen LogP contribution in [0.25, 0.3) is 22.2 Å². The average molecular weight is 360 g/mol. The van der Waals surface area contributed by atoms with Gasteiger partial charge in [0.05, 0.1) is 5.56 Å². The number of anilines is 2. The van der Waals surface area contributed by atoms with Crippen LogP contribution < -0.4 is 11.1 Å². The van der Waals surface area contributed by atoms with Gasteiger partial charge in [0.25, 0.3) is 5.91 Å². The Balaban J connectivity index is 1.67. The first-order valence-electron chi connectivity index (χ1n) is 8.01. The minimum atomic E-state index is -0.459. The Kier molecular flexibility index (Phi) is 4.13. The van der Waals surface area contributed by atoms with Gasteiger partial charge in [0.15, 0.2) is 5.82 Å². The highest BCUT2D eigenvalue weighted by molar-refractivity contribution is 6.03. The summed E-state index contributed by atoms with van der Waals surface area (Å²) in [5.41, 5.74) is 6.11. The molecule has 0 spiro atoms. The van der Waals surface area contributed by atoms with Crippen LogP contribution in [0.4, 0.5) is 16.2 Å². The topological polar surface area (TPSA) is 107 Å². The molecule has 1 amide bonds. The molecule has 8 heteroatoms. The van der Waals surface area contributed by atoms with Gasteiger partial charge in [-0.15, -0.1) is 0 Å². The summed E-state index contributed by atoms with van der Waals surface area (Å²) in [4.78, 5) is 28.2. The number of carbonyl (C=O) groups excluding carboxylic acids is 1. The SMILES string of the molecule is Nc1cc(C(=O)Nc2ncnc(-c3cc4ccccc4cc3F)n2)ccn1. The molecule has 0 atom stereocenters. The summed E-state index contributed by atoms with van der Waals surface area (Å²) in [5.74, 6) is -0.567. The fourth-order valence-corrected chi connectivity index (χ4v) is 2.63. The highest BCUT2D eigenvalue weighted by atomic mass is 19.1. The van der Waals surface area contributed by atoms with E-state index in [1.54, 1.807) is 6.07 Å². The van der Waals surface area contributed by atoms with Gasteiger partial charge in [-0.25, -0.2) is 19.3 Å². The first kappa shape index (κ1) is 16.5. The molecule has 2 aromatic carbocycles. The Morgan fingerprint density at radius 2 is 1.78 bits per heavy atom. The average Bonchev–Trinajstić information content (AvgIpc) is 2.67. The molecular formula is C19H13FN6O. The summed E-state index contributed by atoms with van der Waals surface area (Å²) < 4.78 is 14.5. The number of nitrogens with zero attached hydrogens (tertiary/aromatic N) is 4. The van der Waals surface area contributed by atoms with E-state index in [2.05, 4.69) is 25.3 Å². The summed E-state index contributed by atoms with van der Waals surface area (Å²) in [7, 11) is 0. The number of aromatic nitrogens is 4. The highest BCUT2D eigenvalue weighted by Crippen LogP contribution is 2.25. The van der Waals surface area contributed by atoms with Gasteiger partial charge in [0.1, 0.15) is 18.0 Å². The molecule has 7 nitrogen and oxygen atoms in total. The monoisotopic (exact) mass is 360 g/mol. The van der Waals surface area contributed by atoms with Crippen molar-refractivity contribution in [2.24, 2.45) is 0 Å². The quantitative estimate of drug-likeness (QED) is 0.581. The number of nitrogens with one attached hydrogen (secondary N) is 1. The molecule has 0 saturated carbocycles. The summed E-state index contributed by atoms with van der Waals surface area (Å²) >= 11 is 0. The zero-order valence-electron chi connectivity index (χ0n) is 13.9. The maximum absolute atomic E-state index is 14.5. The predicted molar refractivity (Wildman–Crippen MR) is 99.3 cm³/mol. The van der Waals surface area contributed by atoms with Crippen LogP contribution in [0.1, 0.15) is 10.4 Å². The van der Waals surface area contributed by atoms with E-state index in [0.717, 1.165) is 10.8 Å². The van der Waals surface area contributed by atoms with E-state index in [9.17, 15) is 9.18 Å². The van der Waals surface area contributed by atoms with E-state index in [4.69, 9.17) is 5.73 Å². The third-order valence-electron chi connectivity index (χ3n) is 3.92. The molecular weight excluding hydrogens is 347 g/mol. The summed E-state index contributed by atoms with van der Waals surface area (Å²) in [6.45, 7) is 0. The van der Waals surface area contributed by atoms with Gasteiger partial charge in [0.2, 0.25) is 5.95 Å². The number of rotatable bonds is 3. The lowest BCUT2D eigenvalue weighted by Crippen LogP contribution is -2.15. The fourth-order valence-electron chi connectivity index (χ4n) is 2.63. The van der Waals surface area contributed by atoms with Crippen molar-refractivity contribution in [1.29, 1.82) is 0 Å². The lowest BCUT2D eigenvalue weighted by molar-refractivity contribution is 0.102. The molecule has 4 rings (SSSR count). The summed E-state index contributed by atoms with van der Waals surface area (Å²) in [6, 6.07) is 13.4. The smallest absolute Gasteiger partial charge is 0.258 e. The third-order valence-corrected chi connectivity index (χ3v) is 3.92. The molecule has 0 unspecified atom stereocenters. The molecule has 0 aliphatic rings. The number of halogens is 1. The van der Waals surface area contributed by atoms with E-state index in [0.29, 0.717) is 5.56 Å². The Labute approximate surface area is 153 Å². The van der Waals surface area contributed by atoms with Crippen LogP contribution in [0, 0.1) is 5.82 Å². The number of benzene rings is 2. The molecule has 0 aliphatic carbocycles. The number of hydrogen-bond acceptors (Lipinski definition) is 6. The van der Waals surface area contributed by atoms with Crippen LogP contribution in [0.15, 0.2) is 61.1 Å². The third kappa shape index (κ3) is 3.40. The van der Waals surface area contributed by atoms with Crippen molar-refractivity contribution in [2.45, 2.75) is 0 Å². The van der Waals surface area contributed by atoms with E-state index in [1.807, 2.05) is 24.3 Å². The van der Waals surface area contributed by atoms with Crippen LogP contribution in [0.2, 0.25) is 0 Å². The van der Waals surface area contributed by atoms with Crippen molar-refractivity contribution < 1.29 is 9.18 Å².